The van der Waals surface area contributed by atoms with Crippen LogP contribution in [-0.4, -0.2) is 17.3 Å². The summed E-state index contributed by atoms with van der Waals surface area (Å²) in [4.78, 5) is 4.39. The molecule has 4 heteroatoms. The number of methoxy groups -OCH3 is 1. The van der Waals surface area contributed by atoms with E-state index in [0.717, 1.165) is 16.9 Å². The van der Waals surface area contributed by atoms with Gasteiger partial charge in [0.25, 0.3) is 5.89 Å². The first kappa shape index (κ1) is 11.5. The third-order valence-corrected chi connectivity index (χ3v) is 2.77. The fraction of sp³-hybridized carbons (Fsp3) is 0.0667. The van der Waals surface area contributed by atoms with Gasteiger partial charge in [-0.25, -0.2) is 0 Å². The van der Waals surface area contributed by atoms with Crippen molar-refractivity contribution in [2.45, 2.75) is 0 Å². The lowest BCUT2D eigenvalue weighted by Gasteiger charge is -1.99. The smallest absolute Gasteiger partial charge is 0.258 e. The largest absolute Gasteiger partial charge is 0.497 e. The van der Waals surface area contributed by atoms with Crippen LogP contribution in [0.15, 0.2) is 59.1 Å². The third-order valence-electron chi connectivity index (χ3n) is 2.77. The van der Waals surface area contributed by atoms with Gasteiger partial charge in [-0.15, -0.1) is 0 Å². The summed E-state index contributed by atoms with van der Waals surface area (Å²) in [6.45, 7) is 0. The molecule has 3 aromatic rings. The molecular weight excluding hydrogens is 240 g/mol. The van der Waals surface area contributed by atoms with E-state index in [1.54, 1.807) is 7.11 Å². The molecule has 0 aliphatic rings. The first-order chi connectivity index (χ1) is 9.36. The van der Waals surface area contributed by atoms with E-state index in [4.69, 9.17) is 9.26 Å². The molecule has 1 aromatic heterocycles. The van der Waals surface area contributed by atoms with Crippen LogP contribution in [0.3, 0.4) is 0 Å². The molecule has 0 amide bonds. The predicted molar refractivity (Wildman–Crippen MR) is 71.7 cm³/mol. The van der Waals surface area contributed by atoms with Gasteiger partial charge in [0.2, 0.25) is 5.82 Å². The lowest BCUT2D eigenvalue weighted by atomic mass is 10.2. The molecule has 0 unspecified atom stereocenters. The number of benzene rings is 2. The molecule has 0 saturated carbocycles. The van der Waals surface area contributed by atoms with Gasteiger partial charge < -0.3 is 9.26 Å². The van der Waals surface area contributed by atoms with Gasteiger partial charge in [-0.1, -0.05) is 35.5 Å². The Hall–Kier alpha value is -2.62. The molecule has 0 N–H and O–H groups in total. The van der Waals surface area contributed by atoms with Gasteiger partial charge in [0, 0.05) is 11.1 Å². The van der Waals surface area contributed by atoms with Crippen LogP contribution in [-0.2, 0) is 0 Å². The third kappa shape index (κ3) is 2.33. The molecular formula is C15H12N2O2. The maximum absolute atomic E-state index is 5.28. The Bertz CT molecular complexity index is 677. The predicted octanol–water partition coefficient (Wildman–Crippen LogP) is 3.41. The Morgan fingerprint density at radius 2 is 1.74 bits per heavy atom. The molecule has 3 rings (SSSR count). The SMILES string of the molecule is COc1cccc(-c2noc(-c3ccccc3)n2)c1. The van der Waals surface area contributed by atoms with E-state index in [1.165, 1.54) is 0 Å². The number of ether oxygens (including phenoxy) is 1. The Balaban J connectivity index is 1.97. The van der Waals surface area contributed by atoms with Crippen molar-refractivity contribution in [2.24, 2.45) is 0 Å². The lowest BCUT2D eigenvalue weighted by Crippen LogP contribution is -1.85. The van der Waals surface area contributed by atoms with Crippen LogP contribution >= 0.6 is 0 Å². The van der Waals surface area contributed by atoms with Crippen molar-refractivity contribution in [3.8, 4) is 28.6 Å². The van der Waals surface area contributed by atoms with Crippen LogP contribution < -0.4 is 4.74 Å². The molecule has 19 heavy (non-hydrogen) atoms. The minimum absolute atomic E-state index is 0.512. The van der Waals surface area contributed by atoms with E-state index in [2.05, 4.69) is 10.1 Å². The van der Waals surface area contributed by atoms with Crippen LogP contribution in [0.25, 0.3) is 22.8 Å². The van der Waals surface area contributed by atoms with Crippen molar-refractivity contribution in [3.05, 3.63) is 54.6 Å². The second-order valence-electron chi connectivity index (χ2n) is 4.02. The van der Waals surface area contributed by atoms with E-state index in [-0.39, 0.29) is 0 Å². The van der Waals surface area contributed by atoms with Crippen molar-refractivity contribution < 1.29 is 9.26 Å². The Morgan fingerprint density at radius 1 is 0.947 bits per heavy atom. The zero-order chi connectivity index (χ0) is 13.1. The van der Waals surface area contributed by atoms with E-state index in [9.17, 15) is 0 Å². The Kier molecular flexibility index (Phi) is 2.98. The van der Waals surface area contributed by atoms with E-state index >= 15 is 0 Å². The summed E-state index contributed by atoms with van der Waals surface area (Å²) in [5, 5.41) is 4.00. The molecule has 0 aliphatic carbocycles. The molecule has 4 nitrogen and oxygen atoms in total. The van der Waals surface area contributed by atoms with Crippen LogP contribution in [0.5, 0.6) is 5.75 Å². The number of hydrogen-bond acceptors (Lipinski definition) is 4. The maximum atomic E-state index is 5.28. The van der Waals surface area contributed by atoms with Gasteiger partial charge in [0.05, 0.1) is 7.11 Å². The average Bonchev–Trinajstić information content (AvgIpc) is 2.98. The van der Waals surface area contributed by atoms with Gasteiger partial charge >= 0.3 is 0 Å². The van der Waals surface area contributed by atoms with Crippen LogP contribution in [0.1, 0.15) is 0 Å². The lowest BCUT2D eigenvalue weighted by molar-refractivity contribution is 0.414. The van der Waals surface area contributed by atoms with Crippen LogP contribution in [0.4, 0.5) is 0 Å². The quantitative estimate of drug-likeness (QED) is 0.716. The summed E-state index contributed by atoms with van der Waals surface area (Å²) in [6.07, 6.45) is 0. The average molecular weight is 252 g/mol. The van der Waals surface area contributed by atoms with Gasteiger partial charge in [-0.2, -0.15) is 4.98 Å². The second-order valence-corrected chi connectivity index (χ2v) is 4.02. The second kappa shape index (κ2) is 4.94. The summed E-state index contributed by atoms with van der Waals surface area (Å²) < 4.78 is 10.5. The van der Waals surface area contributed by atoms with E-state index in [0.29, 0.717) is 11.7 Å². The van der Waals surface area contributed by atoms with Gasteiger partial charge in [-0.05, 0) is 24.3 Å². The minimum atomic E-state index is 0.512. The number of nitrogens with zero attached hydrogens (tertiary/aromatic N) is 2. The molecule has 0 radical (unpaired) electrons. The molecule has 0 aliphatic heterocycles. The van der Waals surface area contributed by atoms with Crippen molar-refractivity contribution in [1.82, 2.24) is 10.1 Å². The zero-order valence-electron chi connectivity index (χ0n) is 10.4. The summed E-state index contributed by atoms with van der Waals surface area (Å²) >= 11 is 0. The standard InChI is InChI=1S/C15H12N2O2/c1-18-13-9-5-8-12(10-13)14-16-15(19-17-14)11-6-3-2-4-7-11/h2-10H,1H3. The Labute approximate surface area is 110 Å². The summed E-state index contributed by atoms with van der Waals surface area (Å²) in [6, 6.07) is 17.3. The van der Waals surface area contributed by atoms with E-state index < -0.39 is 0 Å². The van der Waals surface area contributed by atoms with Gasteiger partial charge in [-0.3, -0.25) is 0 Å². The highest BCUT2D eigenvalue weighted by Gasteiger charge is 2.10. The first-order valence-corrected chi connectivity index (χ1v) is 5.90. The van der Waals surface area contributed by atoms with Crippen molar-refractivity contribution in [3.63, 3.8) is 0 Å². The van der Waals surface area contributed by atoms with Crippen LogP contribution in [0, 0.1) is 0 Å². The number of rotatable bonds is 3. The normalized spacial score (nSPS) is 10.4. The fourth-order valence-electron chi connectivity index (χ4n) is 1.80. The summed E-state index contributed by atoms with van der Waals surface area (Å²) in [5.41, 5.74) is 1.77. The Morgan fingerprint density at radius 3 is 2.53 bits per heavy atom. The fourth-order valence-corrected chi connectivity index (χ4v) is 1.80. The zero-order valence-corrected chi connectivity index (χ0v) is 10.4. The van der Waals surface area contributed by atoms with Crippen molar-refractivity contribution in [1.29, 1.82) is 0 Å². The highest BCUT2D eigenvalue weighted by molar-refractivity contribution is 5.60. The maximum Gasteiger partial charge on any atom is 0.258 e. The molecule has 0 atom stereocenters. The number of aromatic nitrogens is 2. The van der Waals surface area contributed by atoms with Crippen molar-refractivity contribution in [2.75, 3.05) is 7.11 Å². The molecule has 0 saturated heterocycles. The topological polar surface area (TPSA) is 48.2 Å². The molecule has 0 fully saturated rings. The highest BCUT2D eigenvalue weighted by Crippen LogP contribution is 2.24. The summed E-state index contributed by atoms with van der Waals surface area (Å²) in [5.74, 6) is 1.83. The van der Waals surface area contributed by atoms with E-state index in [1.807, 2.05) is 54.6 Å². The first-order valence-electron chi connectivity index (χ1n) is 5.90. The van der Waals surface area contributed by atoms with Crippen LogP contribution in [0.2, 0.25) is 0 Å². The van der Waals surface area contributed by atoms with Gasteiger partial charge in [0.1, 0.15) is 5.75 Å². The summed E-state index contributed by atoms with van der Waals surface area (Å²) in [7, 11) is 1.63. The molecule has 2 aromatic carbocycles. The van der Waals surface area contributed by atoms with Crippen molar-refractivity contribution >= 4 is 0 Å². The molecule has 94 valence electrons. The molecule has 0 spiro atoms. The number of hydrogen-bond donors (Lipinski definition) is 0. The monoisotopic (exact) mass is 252 g/mol. The van der Waals surface area contributed by atoms with Gasteiger partial charge in [0.15, 0.2) is 0 Å². The molecule has 1 heterocycles. The highest BCUT2D eigenvalue weighted by atomic mass is 16.5. The molecule has 0 bridgehead atoms. The minimum Gasteiger partial charge on any atom is -0.497 e.